The molecule has 0 amide bonds. The Bertz CT molecular complexity index is 738. The molecule has 0 aliphatic rings. The van der Waals surface area contributed by atoms with Crippen LogP contribution in [0.4, 0.5) is 10.1 Å². The molecule has 0 spiro atoms. The van der Waals surface area contributed by atoms with Crippen molar-refractivity contribution in [3.63, 3.8) is 0 Å². The molecule has 1 aromatic carbocycles. The van der Waals surface area contributed by atoms with Gasteiger partial charge >= 0.3 is 0 Å². The predicted molar refractivity (Wildman–Crippen MR) is 67.8 cm³/mol. The number of pyridine rings is 1. The molecule has 90 valence electrons. The zero-order chi connectivity index (χ0) is 12.7. The van der Waals surface area contributed by atoms with Gasteiger partial charge in [0.15, 0.2) is 11.5 Å². The van der Waals surface area contributed by atoms with Crippen LogP contribution in [0.2, 0.25) is 5.02 Å². The third kappa shape index (κ3) is 1.69. The first-order chi connectivity index (χ1) is 8.65. The Hall–Kier alpha value is -2.14. The molecule has 2 aromatic heterocycles. The molecular weight excluding hydrogens is 255 g/mol. The monoisotopic (exact) mass is 262 g/mol. The Morgan fingerprint density at radius 3 is 2.78 bits per heavy atom. The summed E-state index contributed by atoms with van der Waals surface area (Å²) >= 11 is 5.72. The topological polar surface area (TPSA) is 56.2 Å². The largest absolute Gasteiger partial charge is 0.398 e. The van der Waals surface area contributed by atoms with E-state index in [9.17, 15) is 4.39 Å². The maximum Gasteiger partial charge on any atom is 0.171 e. The van der Waals surface area contributed by atoms with E-state index in [1.54, 1.807) is 34.9 Å². The fourth-order valence-corrected chi connectivity index (χ4v) is 1.92. The second kappa shape index (κ2) is 3.96. The summed E-state index contributed by atoms with van der Waals surface area (Å²) in [4.78, 5) is 0. The minimum Gasteiger partial charge on any atom is -0.398 e. The summed E-state index contributed by atoms with van der Waals surface area (Å²) in [6.07, 6.45) is 1.65. The molecule has 3 aromatic rings. The number of halogens is 2. The van der Waals surface area contributed by atoms with E-state index in [1.807, 2.05) is 0 Å². The van der Waals surface area contributed by atoms with Crippen molar-refractivity contribution in [2.45, 2.75) is 0 Å². The highest BCUT2D eigenvalue weighted by molar-refractivity contribution is 6.30. The highest BCUT2D eigenvalue weighted by atomic mass is 35.5. The number of hydrogen-bond acceptors (Lipinski definition) is 3. The van der Waals surface area contributed by atoms with Crippen molar-refractivity contribution >= 4 is 22.9 Å². The molecule has 2 N–H and O–H groups in total. The highest BCUT2D eigenvalue weighted by Gasteiger charge is 2.12. The van der Waals surface area contributed by atoms with E-state index in [1.165, 1.54) is 6.07 Å². The summed E-state index contributed by atoms with van der Waals surface area (Å²) in [5.74, 6) is -0.0503. The zero-order valence-electron chi connectivity index (χ0n) is 9.14. The number of rotatable bonds is 1. The van der Waals surface area contributed by atoms with Gasteiger partial charge in [0, 0.05) is 16.9 Å². The number of nitrogens with two attached hydrogens (primary N) is 1. The van der Waals surface area contributed by atoms with Crippen LogP contribution in [0.1, 0.15) is 0 Å². The summed E-state index contributed by atoms with van der Waals surface area (Å²) in [5, 5.41) is 8.27. The predicted octanol–water partition coefficient (Wildman–Crippen LogP) is 2.77. The van der Waals surface area contributed by atoms with Crippen molar-refractivity contribution in [2.24, 2.45) is 0 Å². The normalized spacial score (nSPS) is 11.0. The number of nitrogen functional groups attached to an aromatic ring is 1. The third-order valence-corrected chi connectivity index (χ3v) is 2.83. The summed E-state index contributed by atoms with van der Waals surface area (Å²) in [5.41, 5.74) is 7.19. The van der Waals surface area contributed by atoms with Gasteiger partial charge < -0.3 is 5.73 Å². The van der Waals surface area contributed by atoms with Gasteiger partial charge in [-0.05, 0) is 30.3 Å². The first kappa shape index (κ1) is 11.0. The van der Waals surface area contributed by atoms with Gasteiger partial charge in [0.25, 0.3) is 0 Å². The number of anilines is 1. The lowest BCUT2D eigenvalue weighted by Gasteiger charge is -2.02. The molecule has 6 heteroatoms. The number of benzene rings is 1. The fourth-order valence-electron chi connectivity index (χ4n) is 1.76. The maximum absolute atomic E-state index is 13.8. The molecule has 0 unspecified atom stereocenters. The van der Waals surface area contributed by atoms with E-state index in [2.05, 4.69) is 10.2 Å². The molecule has 0 radical (unpaired) electrons. The zero-order valence-corrected chi connectivity index (χ0v) is 9.89. The summed E-state index contributed by atoms with van der Waals surface area (Å²) < 4.78 is 15.5. The van der Waals surface area contributed by atoms with Crippen LogP contribution >= 0.6 is 11.6 Å². The summed E-state index contributed by atoms with van der Waals surface area (Å²) in [6.45, 7) is 0. The Morgan fingerprint density at radius 1 is 1.17 bits per heavy atom. The second-order valence-electron chi connectivity index (χ2n) is 3.84. The average molecular weight is 263 g/mol. The van der Waals surface area contributed by atoms with Crippen LogP contribution in [-0.2, 0) is 0 Å². The lowest BCUT2D eigenvalue weighted by Crippen LogP contribution is -1.94. The molecule has 0 bridgehead atoms. The quantitative estimate of drug-likeness (QED) is 0.734. The van der Waals surface area contributed by atoms with Crippen molar-refractivity contribution in [1.82, 2.24) is 14.6 Å². The minimum absolute atomic E-state index is 0.331. The van der Waals surface area contributed by atoms with E-state index in [0.717, 1.165) is 0 Å². The van der Waals surface area contributed by atoms with Gasteiger partial charge in [-0.3, -0.25) is 4.40 Å². The molecule has 0 atom stereocenters. The number of aromatic nitrogens is 3. The van der Waals surface area contributed by atoms with E-state index in [-0.39, 0.29) is 0 Å². The molecule has 0 fully saturated rings. The van der Waals surface area contributed by atoms with Gasteiger partial charge in [-0.25, -0.2) is 4.39 Å². The molecule has 0 saturated carbocycles. The van der Waals surface area contributed by atoms with Gasteiger partial charge in [-0.1, -0.05) is 11.6 Å². The van der Waals surface area contributed by atoms with Crippen molar-refractivity contribution in [2.75, 3.05) is 5.73 Å². The van der Waals surface area contributed by atoms with Crippen molar-refractivity contribution in [1.29, 1.82) is 0 Å². The van der Waals surface area contributed by atoms with E-state index < -0.39 is 5.82 Å². The van der Waals surface area contributed by atoms with E-state index in [0.29, 0.717) is 27.7 Å². The van der Waals surface area contributed by atoms with Gasteiger partial charge in [0.2, 0.25) is 0 Å². The SMILES string of the molecule is Nc1ccc2nnc(-c3ccc(Cl)cc3F)n2c1. The minimum atomic E-state index is -0.445. The summed E-state index contributed by atoms with van der Waals surface area (Å²) in [6, 6.07) is 7.85. The first-order valence-corrected chi connectivity index (χ1v) is 5.58. The van der Waals surface area contributed by atoms with Crippen LogP contribution in [0.3, 0.4) is 0 Å². The molecule has 0 saturated heterocycles. The van der Waals surface area contributed by atoms with Gasteiger partial charge in [-0.2, -0.15) is 0 Å². The Morgan fingerprint density at radius 2 is 2.00 bits per heavy atom. The molecule has 18 heavy (non-hydrogen) atoms. The van der Waals surface area contributed by atoms with Gasteiger partial charge in [0.1, 0.15) is 5.82 Å². The Kier molecular flexibility index (Phi) is 2.41. The highest BCUT2D eigenvalue weighted by Crippen LogP contribution is 2.24. The number of fused-ring (bicyclic) bond motifs is 1. The van der Waals surface area contributed by atoms with Crippen LogP contribution in [0.25, 0.3) is 17.0 Å². The van der Waals surface area contributed by atoms with Crippen molar-refractivity contribution < 1.29 is 4.39 Å². The van der Waals surface area contributed by atoms with Crippen molar-refractivity contribution in [3.05, 3.63) is 47.4 Å². The number of nitrogens with zero attached hydrogens (tertiary/aromatic N) is 3. The van der Waals surface area contributed by atoms with Crippen molar-refractivity contribution in [3.8, 4) is 11.4 Å². The summed E-state index contributed by atoms with van der Waals surface area (Å²) in [7, 11) is 0. The molecule has 3 rings (SSSR count). The van der Waals surface area contributed by atoms with Gasteiger partial charge in [-0.15, -0.1) is 10.2 Å². The van der Waals surface area contributed by atoms with Gasteiger partial charge in [0.05, 0.1) is 5.56 Å². The molecule has 0 aliphatic carbocycles. The maximum atomic E-state index is 13.8. The van der Waals surface area contributed by atoms with Crippen LogP contribution in [0.15, 0.2) is 36.5 Å². The molecular formula is C12H8ClFN4. The lowest BCUT2D eigenvalue weighted by atomic mass is 10.2. The standard InChI is InChI=1S/C12H8ClFN4/c13-7-1-3-9(10(14)5-7)12-17-16-11-4-2-8(15)6-18(11)12/h1-6H,15H2. The average Bonchev–Trinajstić information content (AvgIpc) is 2.72. The molecule has 0 aliphatic heterocycles. The second-order valence-corrected chi connectivity index (χ2v) is 4.27. The first-order valence-electron chi connectivity index (χ1n) is 5.21. The Balaban J connectivity index is 2.28. The third-order valence-electron chi connectivity index (χ3n) is 2.60. The van der Waals surface area contributed by atoms with Crippen LogP contribution in [0.5, 0.6) is 0 Å². The van der Waals surface area contributed by atoms with E-state index >= 15 is 0 Å². The van der Waals surface area contributed by atoms with Crippen LogP contribution in [0, 0.1) is 5.82 Å². The van der Waals surface area contributed by atoms with Crippen LogP contribution < -0.4 is 5.73 Å². The molecule has 2 heterocycles. The van der Waals surface area contributed by atoms with Crippen LogP contribution in [-0.4, -0.2) is 14.6 Å². The molecule has 4 nitrogen and oxygen atoms in total. The Labute approximate surface area is 107 Å². The fraction of sp³-hybridized carbons (Fsp3) is 0. The lowest BCUT2D eigenvalue weighted by molar-refractivity contribution is 0.630. The smallest absolute Gasteiger partial charge is 0.171 e. The number of hydrogen-bond donors (Lipinski definition) is 1. The van der Waals surface area contributed by atoms with E-state index in [4.69, 9.17) is 17.3 Å².